The molecule has 0 aliphatic heterocycles. The minimum Gasteiger partial charge on any atom is -0.495 e. The quantitative estimate of drug-likeness (QED) is 0.827. The Morgan fingerprint density at radius 2 is 1.95 bits per heavy atom. The number of methoxy groups -OCH3 is 2. The number of nitrogens with one attached hydrogen (secondary N) is 2. The zero-order valence-electron chi connectivity index (χ0n) is 11.8. The summed E-state index contributed by atoms with van der Waals surface area (Å²) in [6, 6.07) is 3.42. The van der Waals surface area contributed by atoms with Gasteiger partial charge in [0.2, 0.25) is 0 Å². The number of anilines is 1. The second kappa shape index (κ2) is 7.33. The van der Waals surface area contributed by atoms with Gasteiger partial charge in [-0.05, 0) is 37.2 Å². The van der Waals surface area contributed by atoms with Crippen LogP contribution in [0.25, 0.3) is 0 Å². The normalized spacial score (nSPS) is 13.4. The molecule has 21 heavy (non-hydrogen) atoms. The summed E-state index contributed by atoms with van der Waals surface area (Å²) in [5.74, 6) is 1.15. The summed E-state index contributed by atoms with van der Waals surface area (Å²) in [6.07, 6.45) is 8.94. The average molecular weight is 324 g/mol. The van der Waals surface area contributed by atoms with Crippen molar-refractivity contribution in [2.24, 2.45) is 0 Å². The Balaban J connectivity index is 2.11. The molecule has 0 bridgehead atoms. The first-order valence-electron chi connectivity index (χ1n) is 6.33. The zero-order chi connectivity index (χ0) is 15.2. The highest BCUT2D eigenvalue weighted by Crippen LogP contribution is 2.35. The molecular weight excluding hydrogens is 308 g/mol. The van der Waals surface area contributed by atoms with E-state index in [1.165, 1.54) is 0 Å². The summed E-state index contributed by atoms with van der Waals surface area (Å²) < 4.78 is 10.5. The van der Waals surface area contributed by atoms with Gasteiger partial charge in [0.25, 0.3) is 0 Å². The highest BCUT2D eigenvalue weighted by atomic mass is 35.5. The molecular formula is C15H16ClN2O2S. The molecule has 6 heteroatoms. The van der Waals surface area contributed by atoms with Gasteiger partial charge in [0, 0.05) is 11.8 Å². The minimum atomic E-state index is 0.465. The van der Waals surface area contributed by atoms with Crippen molar-refractivity contribution in [3.63, 3.8) is 0 Å². The predicted octanol–water partition coefficient (Wildman–Crippen LogP) is 3.69. The van der Waals surface area contributed by atoms with E-state index in [-0.39, 0.29) is 0 Å². The number of rotatable bonds is 4. The van der Waals surface area contributed by atoms with Crippen LogP contribution in [0.2, 0.25) is 5.02 Å². The van der Waals surface area contributed by atoms with E-state index in [0.29, 0.717) is 27.3 Å². The van der Waals surface area contributed by atoms with Crippen LogP contribution in [0.15, 0.2) is 36.1 Å². The summed E-state index contributed by atoms with van der Waals surface area (Å²) in [4.78, 5) is 0. The Kier molecular flexibility index (Phi) is 5.47. The van der Waals surface area contributed by atoms with E-state index in [4.69, 9.17) is 33.3 Å². The minimum absolute atomic E-state index is 0.465. The summed E-state index contributed by atoms with van der Waals surface area (Å²) in [5, 5.41) is 7.13. The first kappa shape index (κ1) is 15.7. The Morgan fingerprint density at radius 1 is 1.19 bits per heavy atom. The number of thiocarbonyl (C=S) groups is 1. The SMILES string of the molecule is COc1cc(OC)c(NC(=S)NC2=CC[CH]C=C2)cc1Cl. The molecule has 1 radical (unpaired) electrons. The fourth-order valence-corrected chi connectivity index (χ4v) is 2.32. The van der Waals surface area contributed by atoms with E-state index in [1.807, 2.05) is 18.2 Å². The highest BCUT2D eigenvalue weighted by Gasteiger charge is 2.11. The third-order valence-corrected chi connectivity index (χ3v) is 3.37. The molecule has 1 aliphatic rings. The van der Waals surface area contributed by atoms with Gasteiger partial charge in [-0.1, -0.05) is 23.8 Å². The second-order valence-corrected chi connectivity index (χ2v) is 5.07. The smallest absolute Gasteiger partial charge is 0.175 e. The van der Waals surface area contributed by atoms with Crippen molar-refractivity contribution in [2.75, 3.05) is 19.5 Å². The van der Waals surface area contributed by atoms with Crippen molar-refractivity contribution >= 4 is 34.6 Å². The molecule has 1 aromatic rings. The van der Waals surface area contributed by atoms with Crippen LogP contribution in [0.1, 0.15) is 6.42 Å². The van der Waals surface area contributed by atoms with E-state index >= 15 is 0 Å². The van der Waals surface area contributed by atoms with Crippen molar-refractivity contribution in [3.8, 4) is 11.5 Å². The van der Waals surface area contributed by atoms with E-state index in [9.17, 15) is 0 Å². The lowest BCUT2D eigenvalue weighted by Gasteiger charge is -2.16. The Morgan fingerprint density at radius 3 is 2.57 bits per heavy atom. The van der Waals surface area contributed by atoms with E-state index in [0.717, 1.165) is 12.1 Å². The van der Waals surface area contributed by atoms with Crippen LogP contribution < -0.4 is 20.1 Å². The zero-order valence-corrected chi connectivity index (χ0v) is 13.3. The topological polar surface area (TPSA) is 42.5 Å². The molecule has 0 aromatic heterocycles. The van der Waals surface area contributed by atoms with Crippen molar-refractivity contribution in [1.29, 1.82) is 0 Å². The third-order valence-electron chi connectivity index (χ3n) is 2.87. The monoisotopic (exact) mass is 323 g/mol. The number of benzene rings is 1. The molecule has 0 amide bonds. The summed E-state index contributed by atoms with van der Waals surface area (Å²) in [5.41, 5.74) is 1.63. The molecule has 0 spiro atoms. The van der Waals surface area contributed by atoms with Crippen molar-refractivity contribution < 1.29 is 9.47 Å². The van der Waals surface area contributed by atoms with Gasteiger partial charge in [0.05, 0.1) is 24.9 Å². The van der Waals surface area contributed by atoms with E-state index < -0.39 is 0 Å². The van der Waals surface area contributed by atoms with E-state index in [1.54, 1.807) is 26.4 Å². The first-order chi connectivity index (χ1) is 10.1. The van der Waals surface area contributed by atoms with Crippen LogP contribution in [0.4, 0.5) is 5.69 Å². The Labute approximate surface area is 134 Å². The van der Waals surface area contributed by atoms with Crippen LogP contribution in [0.3, 0.4) is 0 Å². The Bertz CT molecular complexity index is 600. The van der Waals surface area contributed by atoms with E-state index in [2.05, 4.69) is 17.1 Å². The molecule has 0 atom stereocenters. The van der Waals surface area contributed by atoms with Gasteiger partial charge in [-0.15, -0.1) is 0 Å². The van der Waals surface area contributed by atoms with Crippen molar-refractivity contribution in [2.45, 2.75) is 6.42 Å². The number of allylic oxidation sites excluding steroid dienone is 3. The predicted molar refractivity (Wildman–Crippen MR) is 90.1 cm³/mol. The first-order valence-corrected chi connectivity index (χ1v) is 7.12. The summed E-state index contributed by atoms with van der Waals surface area (Å²) in [6.45, 7) is 0. The van der Waals surface area contributed by atoms with Gasteiger partial charge in [-0.3, -0.25) is 0 Å². The van der Waals surface area contributed by atoms with Crippen LogP contribution in [-0.2, 0) is 0 Å². The summed E-state index contributed by atoms with van der Waals surface area (Å²) >= 11 is 11.4. The Hall–Kier alpha value is -1.72. The lowest BCUT2D eigenvalue weighted by molar-refractivity contribution is 0.396. The van der Waals surface area contributed by atoms with Crippen LogP contribution in [0.5, 0.6) is 11.5 Å². The lowest BCUT2D eigenvalue weighted by atomic mass is 10.1. The van der Waals surface area contributed by atoms with Gasteiger partial charge in [-0.25, -0.2) is 0 Å². The number of hydrogen-bond acceptors (Lipinski definition) is 3. The molecule has 2 rings (SSSR count). The van der Waals surface area contributed by atoms with Gasteiger partial charge in [0.15, 0.2) is 5.11 Å². The molecule has 4 nitrogen and oxygen atoms in total. The molecule has 2 N–H and O–H groups in total. The molecule has 0 heterocycles. The highest BCUT2D eigenvalue weighted by molar-refractivity contribution is 7.80. The molecule has 0 unspecified atom stereocenters. The molecule has 1 aliphatic carbocycles. The molecule has 0 saturated heterocycles. The van der Waals surface area contributed by atoms with Gasteiger partial charge in [-0.2, -0.15) is 0 Å². The second-order valence-electron chi connectivity index (χ2n) is 4.26. The maximum absolute atomic E-state index is 6.12. The molecule has 0 fully saturated rings. The van der Waals surface area contributed by atoms with Crippen LogP contribution in [0, 0.1) is 6.42 Å². The fraction of sp³-hybridized carbons (Fsp3) is 0.200. The maximum Gasteiger partial charge on any atom is 0.175 e. The summed E-state index contributed by atoms with van der Waals surface area (Å²) in [7, 11) is 3.13. The number of halogens is 1. The molecule has 111 valence electrons. The molecule has 1 aromatic carbocycles. The average Bonchev–Trinajstić information content (AvgIpc) is 2.48. The lowest BCUT2D eigenvalue weighted by Crippen LogP contribution is -2.27. The molecule has 0 saturated carbocycles. The maximum atomic E-state index is 6.12. The van der Waals surface area contributed by atoms with Gasteiger partial charge < -0.3 is 20.1 Å². The largest absolute Gasteiger partial charge is 0.495 e. The van der Waals surface area contributed by atoms with Crippen LogP contribution >= 0.6 is 23.8 Å². The van der Waals surface area contributed by atoms with Crippen molar-refractivity contribution in [1.82, 2.24) is 5.32 Å². The standard InChI is InChI=1S/C15H16ClN2O2S/c1-19-13-9-14(20-2)12(8-11(13)16)18-15(21)17-10-6-4-3-5-7-10/h3-4,6-9H,5H2,1-2H3,(H2,17,18,21). The van der Waals surface area contributed by atoms with Gasteiger partial charge >= 0.3 is 0 Å². The van der Waals surface area contributed by atoms with Crippen molar-refractivity contribution in [3.05, 3.63) is 47.5 Å². The number of ether oxygens (including phenoxy) is 2. The van der Waals surface area contributed by atoms with Gasteiger partial charge in [0.1, 0.15) is 11.5 Å². The number of hydrogen-bond donors (Lipinski definition) is 2. The van der Waals surface area contributed by atoms with Crippen LogP contribution in [-0.4, -0.2) is 19.3 Å². The fourth-order valence-electron chi connectivity index (χ4n) is 1.85. The third kappa shape index (κ3) is 4.12.